The second-order valence-electron chi connectivity index (χ2n) is 2.23. The highest BCUT2D eigenvalue weighted by molar-refractivity contribution is 9.10. The molecule has 0 amide bonds. The lowest BCUT2D eigenvalue weighted by molar-refractivity contribution is -0.134. The van der Waals surface area contributed by atoms with Gasteiger partial charge in [0.1, 0.15) is 0 Å². The first kappa shape index (κ1) is 9.85. The fourth-order valence-corrected chi connectivity index (χ4v) is 1.10. The largest absolute Gasteiger partial charge is 0.476 e. The minimum absolute atomic E-state index is 0.397. The maximum absolute atomic E-state index is 12.6. The smallest absolute Gasteiger partial charge is 0.364 e. The van der Waals surface area contributed by atoms with Gasteiger partial charge in [0.2, 0.25) is 5.83 Å². The van der Waals surface area contributed by atoms with Crippen LogP contribution in [-0.4, -0.2) is 16.1 Å². The third-order valence-corrected chi connectivity index (χ3v) is 1.66. The number of aliphatic carboxylic acids is 1. The van der Waals surface area contributed by atoms with E-state index in [1.165, 1.54) is 12.4 Å². The van der Waals surface area contributed by atoms with E-state index in [1.54, 1.807) is 6.07 Å². The number of hydrogen-bond acceptors (Lipinski definition) is 2. The van der Waals surface area contributed by atoms with E-state index in [2.05, 4.69) is 20.9 Å². The Morgan fingerprint density at radius 1 is 1.62 bits per heavy atom. The Hall–Kier alpha value is -1.23. The first-order valence-corrected chi connectivity index (χ1v) is 4.10. The van der Waals surface area contributed by atoms with Gasteiger partial charge in [-0.3, -0.25) is 4.98 Å². The second kappa shape index (κ2) is 4.13. The van der Waals surface area contributed by atoms with Crippen molar-refractivity contribution in [1.82, 2.24) is 4.98 Å². The van der Waals surface area contributed by atoms with Gasteiger partial charge in [-0.15, -0.1) is 0 Å². The number of nitrogens with zero attached hydrogens (tertiary/aromatic N) is 1. The lowest BCUT2D eigenvalue weighted by Gasteiger charge is -1.93. The van der Waals surface area contributed by atoms with E-state index >= 15 is 0 Å². The molecule has 0 spiro atoms. The Balaban J connectivity index is 2.97. The van der Waals surface area contributed by atoms with Crippen molar-refractivity contribution in [2.45, 2.75) is 0 Å². The molecule has 1 heterocycles. The number of carboxylic acid groups (broad SMARTS) is 1. The molecule has 0 aliphatic rings. The van der Waals surface area contributed by atoms with Gasteiger partial charge < -0.3 is 5.11 Å². The van der Waals surface area contributed by atoms with Gasteiger partial charge in [-0.05, 0) is 33.6 Å². The summed E-state index contributed by atoms with van der Waals surface area (Å²) >= 11 is 3.13. The maximum Gasteiger partial charge on any atom is 0.364 e. The zero-order valence-corrected chi connectivity index (χ0v) is 7.95. The molecule has 3 nitrogen and oxygen atoms in total. The van der Waals surface area contributed by atoms with E-state index in [0.29, 0.717) is 10.0 Å². The molecule has 1 aromatic heterocycles. The van der Waals surface area contributed by atoms with E-state index in [9.17, 15) is 9.18 Å². The summed E-state index contributed by atoms with van der Waals surface area (Å²) in [5.41, 5.74) is 0.397. The Morgan fingerprint density at radius 3 is 2.85 bits per heavy atom. The fraction of sp³-hybridized carbons (Fsp3) is 0. The third-order valence-electron chi connectivity index (χ3n) is 1.22. The summed E-state index contributed by atoms with van der Waals surface area (Å²) in [7, 11) is 0. The van der Waals surface area contributed by atoms with Gasteiger partial charge in [-0.1, -0.05) is 0 Å². The summed E-state index contributed by atoms with van der Waals surface area (Å²) in [5, 5.41) is 8.24. The van der Waals surface area contributed by atoms with Crippen LogP contribution >= 0.6 is 15.9 Å². The molecule has 5 heteroatoms. The summed E-state index contributed by atoms with van der Waals surface area (Å²) in [6.45, 7) is 0. The highest BCUT2D eigenvalue weighted by Crippen LogP contribution is 2.13. The molecule has 0 aromatic carbocycles. The SMILES string of the molecule is O=C(O)/C(F)=C/c1cncc(Br)c1. The average molecular weight is 246 g/mol. The molecule has 13 heavy (non-hydrogen) atoms. The van der Waals surface area contributed by atoms with E-state index in [-0.39, 0.29) is 0 Å². The van der Waals surface area contributed by atoms with Crippen LogP contribution in [0.4, 0.5) is 4.39 Å². The minimum atomic E-state index is -1.58. The predicted molar refractivity (Wildman–Crippen MR) is 48.7 cm³/mol. The van der Waals surface area contributed by atoms with Gasteiger partial charge in [0.15, 0.2) is 0 Å². The molecule has 0 bridgehead atoms. The normalized spacial score (nSPS) is 11.4. The van der Waals surface area contributed by atoms with Gasteiger partial charge in [0, 0.05) is 16.9 Å². The zero-order chi connectivity index (χ0) is 9.84. The second-order valence-corrected chi connectivity index (χ2v) is 3.15. The van der Waals surface area contributed by atoms with Crippen LogP contribution in [0.1, 0.15) is 5.56 Å². The van der Waals surface area contributed by atoms with Gasteiger partial charge in [-0.25, -0.2) is 4.79 Å². The summed E-state index contributed by atoms with van der Waals surface area (Å²) < 4.78 is 13.2. The summed E-state index contributed by atoms with van der Waals surface area (Å²) in [4.78, 5) is 13.9. The average Bonchev–Trinajstić information content (AvgIpc) is 2.04. The molecule has 0 aliphatic carbocycles. The lowest BCUT2D eigenvalue weighted by Crippen LogP contribution is -1.94. The van der Waals surface area contributed by atoms with E-state index in [0.717, 1.165) is 6.08 Å². The van der Waals surface area contributed by atoms with Crippen LogP contribution in [-0.2, 0) is 4.79 Å². The van der Waals surface area contributed by atoms with Gasteiger partial charge >= 0.3 is 5.97 Å². The van der Waals surface area contributed by atoms with Crippen molar-refractivity contribution in [1.29, 1.82) is 0 Å². The van der Waals surface area contributed by atoms with Crippen molar-refractivity contribution < 1.29 is 14.3 Å². The molecule has 1 rings (SSSR count). The van der Waals surface area contributed by atoms with Crippen LogP contribution in [0.3, 0.4) is 0 Å². The number of halogens is 2. The van der Waals surface area contributed by atoms with Crippen LogP contribution < -0.4 is 0 Å². The molecule has 0 saturated heterocycles. The molecule has 1 N–H and O–H groups in total. The van der Waals surface area contributed by atoms with Crippen molar-refractivity contribution >= 4 is 28.0 Å². The molecule has 0 radical (unpaired) electrons. The maximum atomic E-state index is 12.6. The highest BCUT2D eigenvalue weighted by atomic mass is 79.9. The predicted octanol–water partition coefficient (Wildman–Crippen LogP) is 2.24. The minimum Gasteiger partial charge on any atom is -0.476 e. The number of carboxylic acids is 1. The van der Waals surface area contributed by atoms with E-state index in [1.807, 2.05) is 0 Å². The molecular formula is C8H5BrFNO2. The molecule has 0 saturated carbocycles. The Morgan fingerprint density at radius 2 is 2.31 bits per heavy atom. The molecule has 68 valence electrons. The molecule has 0 atom stereocenters. The van der Waals surface area contributed by atoms with Gasteiger partial charge in [0.05, 0.1) is 0 Å². The molecule has 0 aliphatic heterocycles. The summed E-state index contributed by atoms with van der Waals surface area (Å²) in [6.07, 6.45) is 3.80. The topological polar surface area (TPSA) is 50.2 Å². The van der Waals surface area contributed by atoms with Crippen molar-refractivity contribution in [2.75, 3.05) is 0 Å². The standard InChI is InChI=1S/C8H5BrFNO2/c9-6-1-5(3-11-4-6)2-7(10)8(12)13/h1-4H,(H,12,13)/b7-2-. The molecule has 0 unspecified atom stereocenters. The van der Waals surface area contributed by atoms with Crippen LogP contribution in [0.15, 0.2) is 28.8 Å². The van der Waals surface area contributed by atoms with Crippen molar-refractivity contribution in [2.24, 2.45) is 0 Å². The zero-order valence-electron chi connectivity index (χ0n) is 6.37. The number of carbonyl (C=O) groups is 1. The quantitative estimate of drug-likeness (QED) is 0.814. The van der Waals surface area contributed by atoms with Crippen molar-refractivity contribution in [3.8, 4) is 0 Å². The number of hydrogen-bond donors (Lipinski definition) is 1. The van der Waals surface area contributed by atoms with E-state index in [4.69, 9.17) is 5.11 Å². The van der Waals surface area contributed by atoms with Crippen LogP contribution in [0.25, 0.3) is 6.08 Å². The van der Waals surface area contributed by atoms with Crippen LogP contribution in [0, 0.1) is 0 Å². The van der Waals surface area contributed by atoms with Gasteiger partial charge in [-0.2, -0.15) is 4.39 Å². The van der Waals surface area contributed by atoms with Crippen molar-refractivity contribution in [3.05, 3.63) is 34.3 Å². The number of pyridine rings is 1. The Labute approximate surface area is 82.0 Å². The summed E-state index contributed by atoms with van der Waals surface area (Å²) in [5.74, 6) is -2.79. The fourth-order valence-electron chi connectivity index (χ4n) is 0.715. The summed E-state index contributed by atoms with van der Waals surface area (Å²) in [6, 6.07) is 1.56. The van der Waals surface area contributed by atoms with E-state index < -0.39 is 11.8 Å². The molecule has 0 fully saturated rings. The van der Waals surface area contributed by atoms with Crippen LogP contribution in [0.2, 0.25) is 0 Å². The molecule has 1 aromatic rings. The third kappa shape index (κ3) is 2.95. The van der Waals surface area contributed by atoms with Crippen LogP contribution in [0.5, 0.6) is 0 Å². The Kier molecular flexibility index (Phi) is 3.13. The first-order chi connectivity index (χ1) is 6.09. The highest BCUT2D eigenvalue weighted by Gasteiger charge is 2.04. The molecular weight excluding hydrogens is 241 g/mol. The first-order valence-electron chi connectivity index (χ1n) is 3.30. The monoisotopic (exact) mass is 245 g/mol. The number of rotatable bonds is 2. The van der Waals surface area contributed by atoms with Gasteiger partial charge in [0.25, 0.3) is 0 Å². The van der Waals surface area contributed by atoms with Crippen molar-refractivity contribution in [3.63, 3.8) is 0 Å². The lowest BCUT2D eigenvalue weighted by atomic mass is 10.2. The number of aromatic nitrogens is 1. The Bertz CT molecular complexity index is 365.